The maximum absolute atomic E-state index is 4.28. The van der Waals surface area contributed by atoms with E-state index in [4.69, 9.17) is 0 Å². The van der Waals surface area contributed by atoms with Crippen LogP contribution in [0.2, 0.25) is 0 Å². The zero-order valence-corrected chi connectivity index (χ0v) is 15.2. The predicted molar refractivity (Wildman–Crippen MR) is 98.8 cm³/mol. The van der Waals surface area contributed by atoms with Crippen LogP contribution in [0, 0.1) is 6.92 Å². The summed E-state index contributed by atoms with van der Waals surface area (Å²) in [6.07, 6.45) is 6.71. The number of hydrogen-bond acceptors (Lipinski definition) is 3. The first-order valence-electron chi connectivity index (χ1n) is 7.28. The van der Waals surface area contributed by atoms with Crippen molar-refractivity contribution in [3.05, 3.63) is 29.3 Å². The van der Waals surface area contributed by atoms with E-state index in [9.17, 15) is 0 Å². The van der Waals surface area contributed by atoms with Crippen molar-refractivity contribution in [3.8, 4) is 0 Å². The van der Waals surface area contributed by atoms with E-state index in [1.54, 1.807) is 11.8 Å². The van der Waals surface area contributed by atoms with Crippen molar-refractivity contribution in [3.63, 3.8) is 0 Å². The number of benzene rings is 1. The van der Waals surface area contributed by atoms with Gasteiger partial charge in [0.15, 0.2) is 5.96 Å². The van der Waals surface area contributed by atoms with Crippen molar-refractivity contribution < 1.29 is 0 Å². The van der Waals surface area contributed by atoms with Crippen LogP contribution in [0.5, 0.6) is 0 Å². The van der Waals surface area contributed by atoms with Gasteiger partial charge in [-0.3, -0.25) is 4.99 Å². The molecular weight excluding hydrogens is 298 g/mol. The molecule has 3 nitrogen and oxygen atoms in total. The molecule has 1 rings (SSSR count). The van der Waals surface area contributed by atoms with Crippen LogP contribution in [-0.4, -0.2) is 37.8 Å². The molecule has 0 fully saturated rings. The molecule has 0 heterocycles. The van der Waals surface area contributed by atoms with Crippen LogP contribution in [0.4, 0.5) is 0 Å². The summed E-state index contributed by atoms with van der Waals surface area (Å²) in [5.74, 6) is 2.11. The van der Waals surface area contributed by atoms with Gasteiger partial charge >= 0.3 is 0 Å². The van der Waals surface area contributed by atoms with Gasteiger partial charge in [0, 0.05) is 25.0 Å². The van der Waals surface area contributed by atoms with E-state index in [0.717, 1.165) is 19.0 Å². The van der Waals surface area contributed by atoms with Crippen molar-refractivity contribution in [1.29, 1.82) is 0 Å². The molecular formula is C16H27N3S2. The maximum atomic E-state index is 4.28. The Labute approximate surface area is 137 Å². The van der Waals surface area contributed by atoms with Gasteiger partial charge in [-0.15, -0.1) is 11.8 Å². The number of guanidine groups is 1. The van der Waals surface area contributed by atoms with E-state index < -0.39 is 0 Å². The van der Waals surface area contributed by atoms with E-state index in [-0.39, 0.29) is 0 Å². The number of rotatable bonds is 8. The second-order valence-electron chi connectivity index (χ2n) is 4.87. The second-order valence-corrected chi connectivity index (χ2v) is 6.70. The number of nitrogens with one attached hydrogen (secondary N) is 2. The third-order valence-corrected chi connectivity index (χ3v) is 4.70. The number of hydrogen-bond donors (Lipinski definition) is 2. The predicted octanol–water partition coefficient (Wildman–Crippen LogP) is 3.53. The summed E-state index contributed by atoms with van der Waals surface area (Å²) >= 11 is 3.70. The number of nitrogens with zero attached hydrogens (tertiary/aromatic N) is 1. The van der Waals surface area contributed by atoms with Crippen LogP contribution in [0.25, 0.3) is 0 Å². The van der Waals surface area contributed by atoms with Gasteiger partial charge in [-0.25, -0.2) is 0 Å². The molecule has 1 aromatic carbocycles. The number of thioether (sulfide) groups is 2. The molecule has 0 aliphatic carbocycles. The smallest absolute Gasteiger partial charge is 0.191 e. The highest BCUT2D eigenvalue weighted by Crippen LogP contribution is 2.21. The van der Waals surface area contributed by atoms with Crippen molar-refractivity contribution in [2.75, 3.05) is 31.9 Å². The molecule has 21 heavy (non-hydrogen) atoms. The van der Waals surface area contributed by atoms with Gasteiger partial charge < -0.3 is 10.6 Å². The molecule has 0 atom stereocenters. The summed E-state index contributed by atoms with van der Waals surface area (Å²) in [7, 11) is 1.82. The van der Waals surface area contributed by atoms with Crippen LogP contribution in [0.15, 0.2) is 28.1 Å². The number of aryl methyl sites for hydroxylation is 1. The fourth-order valence-electron chi connectivity index (χ4n) is 1.98. The molecule has 0 amide bonds. The second kappa shape index (κ2) is 10.9. The molecule has 0 aliphatic rings. The summed E-state index contributed by atoms with van der Waals surface area (Å²) in [5, 5.41) is 6.76. The summed E-state index contributed by atoms with van der Waals surface area (Å²) in [6, 6.07) is 6.59. The largest absolute Gasteiger partial charge is 0.356 e. The zero-order chi connectivity index (χ0) is 15.5. The molecule has 1 aromatic rings. The number of unbranched alkanes of at least 4 members (excludes halogenated alkanes) is 1. The Hall–Kier alpha value is -0.810. The molecule has 0 saturated carbocycles. The zero-order valence-electron chi connectivity index (χ0n) is 13.5. The Bertz CT molecular complexity index is 447. The fourth-order valence-corrected chi connectivity index (χ4v) is 3.17. The first-order valence-corrected chi connectivity index (χ1v) is 9.90. The SMILES string of the molecule is CN=C(NCCCCSC)NCc1ccc(C)cc1SC. The van der Waals surface area contributed by atoms with E-state index in [1.807, 2.05) is 18.8 Å². The minimum Gasteiger partial charge on any atom is -0.356 e. The van der Waals surface area contributed by atoms with E-state index in [2.05, 4.69) is 53.3 Å². The molecule has 5 heteroatoms. The molecule has 0 spiro atoms. The van der Waals surface area contributed by atoms with Gasteiger partial charge in [-0.1, -0.05) is 12.1 Å². The van der Waals surface area contributed by atoms with Gasteiger partial charge in [0.05, 0.1) is 0 Å². The van der Waals surface area contributed by atoms with Crippen molar-refractivity contribution in [2.24, 2.45) is 4.99 Å². The first kappa shape index (κ1) is 18.2. The van der Waals surface area contributed by atoms with Crippen LogP contribution in [0.1, 0.15) is 24.0 Å². The molecule has 0 bridgehead atoms. The monoisotopic (exact) mass is 325 g/mol. The lowest BCUT2D eigenvalue weighted by Crippen LogP contribution is -2.37. The van der Waals surface area contributed by atoms with Crippen LogP contribution in [-0.2, 0) is 6.54 Å². The van der Waals surface area contributed by atoms with E-state index in [0.29, 0.717) is 0 Å². The third kappa shape index (κ3) is 7.14. The Morgan fingerprint density at radius 2 is 2.00 bits per heavy atom. The highest BCUT2D eigenvalue weighted by molar-refractivity contribution is 7.98. The maximum Gasteiger partial charge on any atom is 0.191 e. The lowest BCUT2D eigenvalue weighted by atomic mass is 10.1. The summed E-state index contributed by atoms with van der Waals surface area (Å²) in [4.78, 5) is 5.61. The topological polar surface area (TPSA) is 36.4 Å². The summed E-state index contributed by atoms with van der Waals surface area (Å²) < 4.78 is 0. The third-order valence-electron chi connectivity index (χ3n) is 3.18. The number of aliphatic imine (C=N–C) groups is 1. The van der Waals surface area contributed by atoms with Crippen LogP contribution >= 0.6 is 23.5 Å². The average molecular weight is 326 g/mol. The summed E-state index contributed by atoms with van der Waals surface area (Å²) in [5.41, 5.74) is 2.62. The fraction of sp³-hybridized carbons (Fsp3) is 0.562. The first-order chi connectivity index (χ1) is 10.2. The standard InChI is InChI=1S/C16H27N3S2/c1-13-7-8-14(15(11-13)21-4)12-19-16(17-2)18-9-5-6-10-20-3/h7-8,11H,5-6,9-10,12H2,1-4H3,(H2,17,18,19). The quantitative estimate of drug-likeness (QED) is 0.332. The van der Waals surface area contributed by atoms with Crippen molar-refractivity contribution in [1.82, 2.24) is 10.6 Å². The molecule has 0 saturated heterocycles. The Balaban J connectivity index is 2.41. The highest BCUT2D eigenvalue weighted by atomic mass is 32.2. The summed E-state index contributed by atoms with van der Waals surface area (Å²) in [6.45, 7) is 3.91. The molecule has 118 valence electrons. The van der Waals surface area contributed by atoms with Gasteiger partial charge in [0.25, 0.3) is 0 Å². The minimum atomic E-state index is 0.806. The average Bonchev–Trinajstić information content (AvgIpc) is 2.50. The van der Waals surface area contributed by atoms with Gasteiger partial charge in [0.1, 0.15) is 0 Å². The Morgan fingerprint density at radius 1 is 1.19 bits per heavy atom. The molecule has 0 radical (unpaired) electrons. The Kier molecular flexibility index (Phi) is 9.42. The van der Waals surface area contributed by atoms with E-state index >= 15 is 0 Å². The van der Waals surface area contributed by atoms with Crippen molar-refractivity contribution >= 4 is 29.5 Å². The highest BCUT2D eigenvalue weighted by Gasteiger charge is 2.03. The van der Waals surface area contributed by atoms with Gasteiger partial charge in [-0.2, -0.15) is 11.8 Å². The van der Waals surface area contributed by atoms with Gasteiger partial charge in [0.2, 0.25) is 0 Å². The van der Waals surface area contributed by atoms with Crippen LogP contribution < -0.4 is 10.6 Å². The van der Waals surface area contributed by atoms with Crippen LogP contribution in [0.3, 0.4) is 0 Å². The van der Waals surface area contributed by atoms with Crippen molar-refractivity contribution in [2.45, 2.75) is 31.2 Å². The lowest BCUT2D eigenvalue weighted by molar-refractivity contribution is 0.731. The molecule has 0 aromatic heterocycles. The van der Waals surface area contributed by atoms with E-state index in [1.165, 1.54) is 34.6 Å². The minimum absolute atomic E-state index is 0.806. The molecule has 0 aliphatic heterocycles. The van der Waals surface area contributed by atoms with Gasteiger partial charge in [-0.05, 0) is 55.2 Å². The molecule has 2 N–H and O–H groups in total. The normalized spacial score (nSPS) is 11.5. The molecule has 0 unspecified atom stereocenters. The Morgan fingerprint density at radius 3 is 2.67 bits per heavy atom. The lowest BCUT2D eigenvalue weighted by Gasteiger charge is -2.14.